The summed E-state index contributed by atoms with van der Waals surface area (Å²) < 4.78 is 2.35. The van der Waals surface area contributed by atoms with E-state index in [1.807, 2.05) is 0 Å². The van der Waals surface area contributed by atoms with Crippen LogP contribution in [-0.4, -0.2) is 23.9 Å². The number of hydrogen-bond donors (Lipinski definition) is 2. The Hall–Kier alpha value is -1.68. The minimum atomic E-state index is 0.0688. The summed E-state index contributed by atoms with van der Waals surface area (Å²) in [6.45, 7) is 6.42. The molecule has 2 aromatic rings. The molecule has 1 aromatic heterocycles. The lowest BCUT2D eigenvalue weighted by Gasteiger charge is -2.27. The molecule has 0 radical (unpaired) electrons. The van der Waals surface area contributed by atoms with Crippen molar-refractivity contribution in [3.05, 3.63) is 29.1 Å². The van der Waals surface area contributed by atoms with Gasteiger partial charge in [0.25, 0.3) is 5.82 Å². The van der Waals surface area contributed by atoms with E-state index in [0.717, 1.165) is 48.8 Å². The van der Waals surface area contributed by atoms with Crippen molar-refractivity contribution in [2.45, 2.75) is 64.7 Å². The fourth-order valence-corrected chi connectivity index (χ4v) is 6.63. The molecule has 29 heavy (non-hydrogen) atoms. The monoisotopic (exact) mass is 394 g/mol. The number of aromatic nitrogens is 2. The first-order valence-corrected chi connectivity index (χ1v) is 11.9. The van der Waals surface area contributed by atoms with E-state index >= 15 is 0 Å². The van der Waals surface area contributed by atoms with Crippen LogP contribution in [0.3, 0.4) is 0 Å². The molecule has 5 rings (SSSR count). The second-order valence-electron chi connectivity index (χ2n) is 9.96. The van der Waals surface area contributed by atoms with Gasteiger partial charge in [-0.25, -0.2) is 9.55 Å². The maximum atomic E-state index is 13.6. The van der Waals surface area contributed by atoms with Gasteiger partial charge in [-0.3, -0.25) is 4.79 Å². The summed E-state index contributed by atoms with van der Waals surface area (Å²) >= 11 is 0. The minimum absolute atomic E-state index is 0.0688. The largest absolute Gasteiger partial charge is 0.316 e. The van der Waals surface area contributed by atoms with Crippen molar-refractivity contribution in [3.63, 3.8) is 0 Å². The van der Waals surface area contributed by atoms with Gasteiger partial charge in [-0.2, -0.15) is 0 Å². The Kier molecular flexibility index (Phi) is 5.01. The molecule has 5 unspecified atom stereocenters. The number of hydrogen-bond acceptors (Lipinski definition) is 2. The third kappa shape index (κ3) is 3.15. The van der Waals surface area contributed by atoms with E-state index in [9.17, 15) is 4.79 Å². The molecule has 2 aliphatic carbocycles. The topological polar surface area (TPSA) is 48.8 Å². The maximum absolute atomic E-state index is 13.6. The van der Waals surface area contributed by atoms with Crippen molar-refractivity contribution in [1.82, 2.24) is 10.3 Å². The van der Waals surface area contributed by atoms with E-state index in [-0.39, 0.29) is 5.92 Å². The second-order valence-corrected chi connectivity index (χ2v) is 9.96. The van der Waals surface area contributed by atoms with Crippen LogP contribution in [0, 0.1) is 23.7 Å². The Bertz CT molecular complexity index is 924. The highest BCUT2D eigenvalue weighted by Gasteiger charge is 2.45. The van der Waals surface area contributed by atoms with Crippen LogP contribution in [0.25, 0.3) is 11.0 Å². The van der Waals surface area contributed by atoms with Gasteiger partial charge in [0.1, 0.15) is 0 Å². The van der Waals surface area contributed by atoms with Crippen LogP contribution in [0.2, 0.25) is 0 Å². The SMILES string of the molecule is CCc1ccc(C(=O)C(C)C2CCCNC2)c2c1[nH]c(C1CC3CCC1C3)[n+]2C. The van der Waals surface area contributed by atoms with E-state index in [1.54, 1.807) is 0 Å². The van der Waals surface area contributed by atoms with Crippen molar-refractivity contribution in [2.24, 2.45) is 30.7 Å². The molecule has 4 heteroatoms. The number of ketones is 1. The van der Waals surface area contributed by atoms with E-state index in [1.165, 1.54) is 49.0 Å². The molecule has 1 aliphatic heterocycles. The zero-order valence-electron chi connectivity index (χ0n) is 18.3. The Morgan fingerprint density at radius 1 is 1.24 bits per heavy atom. The van der Waals surface area contributed by atoms with Gasteiger partial charge in [0.15, 0.2) is 16.8 Å². The highest BCUT2D eigenvalue weighted by molar-refractivity contribution is 6.06. The number of aromatic amines is 1. The summed E-state index contributed by atoms with van der Waals surface area (Å²) in [7, 11) is 2.18. The van der Waals surface area contributed by atoms with Crippen LogP contribution in [0.15, 0.2) is 12.1 Å². The standard InChI is InChI=1S/C25H35N3O/c1-4-17-9-10-20(24(29)15(2)19-6-5-11-26-14-19)23-22(17)27-25(28(23)3)21-13-16-7-8-18(21)12-16/h9-10,15-16,18-19,21,26H,4-8,11-14H2,1-3H3/p+1. The molecule has 156 valence electrons. The second kappa shape index (κ2) is 7.54. The Morgan fingerprint density at radius 2 is 2.10 bits per heavy atom. The number of fused-ring (bicyclic) bond motifs is 3. The number of carbonyl (C=O) groups is 1. The fourth-order valence-electron chi connectivity index (χ4n) is 6.63. The number of imidazole rings is 1. The van der Waals surface area contributed by atoms with Crippen LogP contribution in [-0.2, 0) is 13.5 Å². The number of H-pyrrole nitrogens is 1. The number of Topliss-reactive ketones (excluding diaryl/α,β-unsaturated/α-hetero) is 1. The fraction of sp³-hybridized carbons (Fsp3) is 0.680. The normalized spacial score (nSPS) is 30.2. The summed E-state index contributed by atoms with van der Waals surface area (Å²) in [6.07, 6.45) is 8.84. The molecule has 2 bridgehead atoms. The first kappa shape index (κ1) is 19.3. The highest BCUT2D eigenvalue weighted by Crippen LogP contribution is 2.52. The zero-order chi connectivity index (χ0) is 20.1. The molecule has 2 N–H and O–H groups in total. The summed E-state index contributed by atoms with van der Waals surface area (Å²) in [4.78, 5) is 17.4. The minimum Gasteiger partial charge on any atom is -0.316 e. The van der Waals surface area contributed by atoms with Crippen molar-refractivity contribution in [3.8, 4) is 0 Å². The van der Waals surface area contributed by atoms with Gasteiger partial charge < -0.3 is 5.32 Å². The molecule has 4 nitrogen and oxygen atoms in total. The quantitative estimate of drug-likeness (QED) is 0.587. The summed E-state index contributed by atoms with van der Waals surface area (Å²) in [5, 5.41) is 3.48. The third-order valence-corrected chi connectivity index (χ3v) is 8.41. The molecular formula is C25H36N3O+. The molecule has 0 amide bonds. The lowest BCUT2D eigenvalue weighted by Crippen LogP contribution is -2.38. The number of nitrogens with zero attached hydrogens (tertiary/aromatic N) is 1. The van der Waals surface area contributed by atoms with Gasteiger partial charge in [-0.05, 0) is 75.4 Å². The lowest BCUT2D eigenvalue weighted by atomic mass is 9.82. The Labute approximate surface area is 174 Å². The van der Waals surface area contributed by atoms with Gasteiger partial charge in [-0.1, -0.05) is 26.3 Å². The van der Waals surface area contributed by atoms with Crippen LogP contribution in [0.1, 0.15) is 80.0 Å². The Balaban J connectivity index is 1.56. The molecule has 1 saturated heterocycles. The van der Waals surface area contributed by atoms with Crippen LogP contribution in [0.5, 0.6) is 0 Å². The summed E-state index contributed by atoms with van der Waals surface area (Å²) in [6, 6.07) is 4.29. The third-order valence-electron chi connectivity index (χ3n) is 8.41. The van der Waals surface area contributed by atoms with E-state index in [4.69, 9.17) is 0 Å². The van der Waals surface area contributed by atoms with Crippen LogP contribution >= 0.6 is 0 Å². The van der Waals surface area contributed by atoms with E-state index in [0.29, 0.717) is 17.6 Å². The maximum Gasteiger partial charge on any atom is 0.258 e. The number of nitrogens with one attached hydrogen (secondary N) is 2. The van der Waals surface area contributed by atoms with Gasteiger partial charge in [0.05, 0.1) is 18.5 Å². The van der Waals surface area contributed by atoms with Crippen molar-refractivity contribution in [1.29, 1.82) is 0 Å². The predicted molar refractivity (Wildman–Crippen MR) is 116 cm³/mol. The van der Waals surface area contributed by atoms with E-state index < -0.39 is 0 Å². The predicted octanol–water partition coefficient (Wildman–Crippen LogP) is 4.28. The number of piperidine rings is 1. The van der Waals surface area contributed by atoms with Crippen LogP contribution < -0.4 is 9.88 Å². The number of rotatable bonds is 5. The van der Waals surface area contributed by atoms with Gasteiger partial charge >= 0.3 is 0 Å². The first-order valence-electron chi connectivity index (χ1n) is 11.9. The first-order chi connectivity index (χ1) is 14.1. The average molecular weight is 395 g/mol. The van der Waals surface area contributed by atoms with Crippen molar-refractivity contribution < 1.29 is 9.36 Å². The molecule has 3 aliphatic rings. The summed E-state index contributed by atoms with van der Waals surface area (Å²) in [5.41, 5.74) is 4.59. The molecule has 2 heterocycles. The number of aryl methyl sites for hydroxylation is 2. The van der Waals surface area contributed by atoms with Crippen LogP contribution in [0.4, 0.5) is 0 Å². The van der Waals surface area contributed by atoms with E-state index in [2.05, 4.69) is 47.9 Å². The Morgan fingerprint density at radius 3 is 2.76 bits per heavy atom. The molecular weight excluding hydrogens is 358 g/mol. The van der Waals surface area contributed by atoms with Crippen molar-refractivity contribution >= 4 is 16.8 Å². The van der Waals surface area contributed by atoms with Gasteiger partial charge in [-0.15, -0.1) is 0 Å². The highest BCUT2D eigenvalue weighted by atomic mass is 16.1. The van der Waals surface area contributed by atoms with Gasteiger partial charge in [0.2, 0.25) is 0 Å². The molecule has 1 aromatic carbocycles. The van der Waals surface area contributed by atoms with Crippen molar-refractivity contribution in [2.75, 3.05) is 13.1 Å². The summed E-state index contributed by atoms with van der Waals surface area (Å²) in [5.74, 6) is 4.58. The molecule has 0 spiro atoms. The average Bonchev–Trinajstić information content (AvgIpc) is 3.47. The smallest absolute Gasteiger partial charge is 0.258 e. The van der Waals surface area contributed by atoms with Gasteiger partial charge in [0, 0.05) is 11.5 Å². The molecule has 3 fully saturated rings. The molecule has 2 saturated carbocycles. The number of carbonyl (C=O) groups excluding carboxylic acids is 1. The zero-order valence-corrected chi connectivity index (χ0v) is 18.3. The molecule has 5 atom stereocenters. The number of benzene rings is 1. The lowest BCUT2D eigenvalue weighted by molar-refractivity contribution is -0.654.